The molecule has 12 heteroatoms. The smallest absolute Gasteiger partial charge is 0.264 e. The van der Waals surface area contributed by atoms with E-state index >= 15 is 0 Å². The van der Waals surface area contributed by atoms with E-state index in [4.69, 9.17) is 0 Å². The van der Waals surface area contributed by atoms with E-state index in [-0.39, 0.29) is 10.8 Å². The van der Waals surface area contributed by atoms with Crippen molar-refractivity contribution in [1.82, 2.24) is 9.97 Å². The highest BCUT2D eigenvalue weighted by Gasteiger charge is 2.16. The topological polar surface area (TPSA) is 147 Å². The van der Waals surface area contributed by atoms with Crippen LogP contribution >= 0.6 is 0 Å². The Bertz CT molecular complexity index is 1330. The zero-order valence-electron chi connectivity index (χ0n) is 17.4. The van der Waals surface area contributed by atoms with Gasteiger partial charge in [0.05, 0.1) is 11.2 Å². The molecule has 32 heavy (non-hydrogen) atoms. The number of nitrogens with zero attached hydrogens (tertiary/aromatic N) is 2. The molecule has 1 aromatic heterocycles. The monoisotopic (exact) mass is 475 g/mol. The molecule has 10 nitrogen and oxygen atoms in total. The van der Waals surface area contributed by atoms with Crippen LogP contribution in [-0.4, -0.2) is 39.0 Å². The molecule has 0 aliphatic carbocycles. The number of aryl methyl sites for hydroxylation is 2. The molecule has 0 fully saturated rings. The van der Waals surface area contributed by atoms with Crippen LogP contribution in [0.4, 0.5) is 17.3 Å². The number of hydrogen-bond acceptors (Lipinski definition) is 7. The van der Waals surface area contributed by atoms with Crippen molar-refractivity contribution >= 4 is 43.3 Å². The molecule has 1 heterocycles. The molecular formula is C20H21N5O5S2. The summed E-state index contributed by atoms with van der Waals surface area (Å²) in [7, 11) is -7.32. The molecule has 0 radical (unpaired) electrons. The normalized spacial score (nSPS) is 11.6. The molecular weight excluding hydrogens is 454 g/mol. The Hall–Kier alpha value is -3.51. The fourth-order valence-electron chi connectivity index (χ4n) is 2.78. The molecule has 3 N–H and O–H groups in total. The second-order valence-corrected chi connectivity index (χ2v) is 10.4. The Balaban J connectivity index is 1.69. The van der Waals surface area contributed by atoms with E-state index in [0.717, 1.165) is 6.26 Å². The minimum atomic E-state index is -3.91. The van der Waals surface area contributed by atoms with Crippen LogP contribution < -0.4 is 14.8 Å². The molecule has 0 saturated carbocycles. The van der Waals surface area contributed by atoms with Crippen molar-refractivity contribution in [1.29, 1.82) is 0 Å². The van der Waals surface area contributed by atoms with Crippen LogP contribution in [0.15, 0.2) is 59.5 Å². The summed E-state index contributed by atoms with van der Waals surface area (Å²) in [5, 5.41) is 2.65. The van der Waals surface area contributed by atoms with Gasteiger partial charge in [-0.25, -0.2) is 31.5 Å². The van der Waals surface area contributed by atoms with Crippen LogP contribution in [0.2, 0.25) is 0 Å². The molecule has 0 unspecified atom stereocenters. The second kappa shape index (κ2) is 8.93. The van der Waals surface area contributed by atoms with Crippen LogP contribution in [0.5, 0.6) is 0 Å². The first-order valence-corrected chi connectivity index (χ1v) is 12.6. The average molecular weight is 476 g/mol. The molecule has 2 aromatic carbocycles. The van der Waals surface area contributed by atoms with E-state index < -0.39 is 26.0 Å². The number of benzene rings is 2. The van der Waals surface area contributed by atoms with Crippen LogP contribution in [0.3, 0.4) is 0 Å². The molecule has 0 atom stereocenters. The third-order valence-corrected chi connectivity index (χ3v) is 6.03. The molecule has 168 valence electrons. The summed E-state index contributed by atoms with van der Waals surface area (Å²) < 4.78 is 52.3. The molecule has 0 aliphatic rings. The summed E-state index contributed by atoms with van der Waals surface area (Å²) in [6.07, 6.45) is 1.03. The van der Waals surface area contributed by atoms with Gasteiger partial charge >= 0.3 is 0 Å². The Morgan fingerprint density at radius 3 is 1.84 bits per heavy atom. The highest BCUT2D eigenvalue weighted by Crippen LogP contribution is 2.18. The minimum absolute atomic E-state index is 0.0190. The first-order chi connectivity index (χ1) is 14.9. The number of carbonyl (C=O) groups is 1. The quantitative estimate of drug-likeness (QED) is 0.476. The van der Waals surface area contributed by atoms with Gasteiger partial charge in [0.2, 0.25) is 16.0 Å². The third kappa shape index (κ3) is 6.25. The SMILES string of the molecule is Cc1cc(C)nc(NS(=O)(=O)c2ccc(NC(=O)c3ccc(NS(C)(=O)=O)cc3)cc2)n1. The summed E-state index contributed by atoms with van der Waals surface area (Å²) in [6, 6.07) is 13.2. The lowest BCUT2D eigenvalue weighted by molar-refractivity contribution is 0.102. The largest absolute Gasteiger partial charge is 0.322 e. The Labute approximate surface area is 186 Å². The van der Waals surface area contributed by atoms with Gasteiger partial charge in [0.15, 0.2) is 0 Å². The maximum absolute atomic E-state index is 12.6. The van der Waals surface area contributed by atoms with E-state index in [1.165, 1.54) is 48.5 Å². The van der Waals surface area contributed by atoms with Gasteiger partial charge in [0.1, 0.15) is 0 Å². The fourth-order valence-corrected chi connectivity index (χ4v) is 4.28. The highest BCUT2D eigenvalue weighted by atomic mass is 32.2. The van der Waals surface area contributed by atoms with Gasteiger partial charge in [-0.3, -0.25) is 9.52 Å². The Morgan fingerprint density at radius 2 is 1.31 bits per heavy atom. The Morgan fingerprint density at radius 1 is 0.781 bits per heavy atom. The van der Waals surface area contributed by atoms with Gasteiger partial charge in [-0.2, -0.15) is 0 Å². The number of rotatable bonds is 7. The first-order valence-electron chi connectivity index (χ1n) is 9.26. The van der Waals surface area contributed by atoms with E-state index in [2.05, 4.69) is 24.7 Å². The van der Waals surface area contributed by atoms with Crippen molar-refractivity contribution in [2.75, 3.05) is 21.0 Å². The molecule has 1 amide bonds. The lowest BCUT2D eigenvalue weighted by Crippen LogP contribution is -2.16. The third-order valence-electron chi connectivity index (χ3n) is 4.08. The number of sulfonamides is 2. The number of anilines is 3. The minimum Gasteiger partial charge on any atom is -0.322 e. The second-order valence-electron chi connectivity index (χ2n) is 7.01. The van der Waals surface area contributed by atoms with Crippen LogP contribution in [0, 0.1) is 13.8 Å². The summed E-state index contributed by atoms with van der Waals surface area (Å²) >= 11 is 0. The van der Waals surface area contributed by atoms with Crippen LogP contribution in [0.1, 0.15) is 21.7 Å². The van der Waals surface area contributed by atoms with Crippen molar-refractivity contribution in [3.05, 3.63) is 71.5 Å². The molecule has 0 spiro atoms. The number of nitrogens with one attached hydrogen (secondary N) is 3. The maximum atomic E-state index is 12.6. The van der Waals surface area contributed by atoms with Gasteiger partial charge in [-0.15, -0.1) is 0 Å². The van der Waals surface area contributed by atoms with Gasteiger partial charge in [-0.1, -0.05) is 0 Å². The van der Waals surface area contributed by atoms with Crippen molar-refractivity contribution in [3.63, 3.8) is 0 Å². The molecule has 0 saturated heterocycles. The molecule has 0 bridgehead atoms. The fraction of sp³-hybridized carbons (Fsp3) is 0.150. The number of amides is 1. The summed E-state index contributed by atoms with van der Waals surface area (Å²) in [6.45, 7) is 3.47. The zero-order valence-corrected chi connectivity index (χ0v) is 19.1. The van der Waals surface area contributed by atoms with E-state index in [0.29, 0.717) is 28.3 Å². The van der Waals surface area contributed by atoms with Crippen LogP contribution in [-0.2, 0) is 20.0 Å². The lowest BCUT2D eigenvalue weighted by Gasteiger charge is -2.10. The van der Waals surface area contributed by atoms with Crippen molar-refractivity contribution < 1.29 is 21.6 Å². The van der Waals surface area contributed by atoms with Crippen molar-refractivity contribution in [2.45, 2.75) is 18.7 Å². The van der Waals surface area contributed by atoms with Gasteiger partial charge in [0.25, 0.3) is 15.9 Å². The summed E-state index contributed by atoms with van der Waals surface area (Å²) in [5.74, 6) is -0.457. The maximum Gasteiger partial charge on any atom is 0.264 e. The molecule has 3 rings (SSSR count). The highest BCUT2D eigenvalue weighted by molar-refractivity contribution is 7.92. The van der Waals surface area contributed by atoms with Gasteiger partial charge in [-0.05, 0) is 68.4 Å². The molecule has 3 aromatic rings. The van der Waals surface area contributed by atoms with E-state index in [1.807, 2.05) is 0 Å². The van der Waals surface area contributed by atoms with E-state index in [9.17, 15) is 21.6 Å². The van der Waals surface area contributed by atoms with Crippen molar-refractivity contribution in [2.24, 2.45) is 0 Å². The summed E-state index contributed by atoms with van der Waals surface area (Å²) in [5.41, 5.74) is 2.28. The first kappa shape index (κ1) is 23.2. The van der Waals surface area contributed by atoms with Gasteiger partial charge in [0, 0.05) is 28.3 Å². The number of carbonyl (C=O) groups excluding carboxylic acids is 1. The van der Waals surface area contributed by atoms with Gasteiger partial charge < -0.3 is 5.32 Å². The van der Waals surface area contributed by atoms with Crippen LogP contribution in [0.25, 0.3) is 0 Å². The predicted octanol–water partition coefficient (Wildman–Crippen LogP) is 2.52. The van der Waals surface area contributed by atoms with Crippen molar-refractivity contribution in [3.8, 4) is 0 Å². The lowest BCUT2D eigenvalue weighted by atomic mass is 10.2. The number of hydrogen-bond donors (Lipinski definition) is 3. The summed E-state index contributed by atoms with van der Waals surface area (Å²) in [4.78, 5) is 20.5. The average Bonchev–Trinajstić information content (AvgIpc) is 2.66. The standard InChI is InChI=1S/C20H21N5O5S2/c1-13-12-14(2)22-20(21-13)25-32(29,30)18-10-8-16(9-11-18)23-19(26)15-4-6-17(7-5-15)24-31(3,27)28/h4-12,24H,1-3H3,(H,23,26)(H,21,22,25). The Kier molecular flexibility index (Phi) is 6.46. The van der Waals surface area contributed by atoms with E-state index in [1.54, 1.807) is 19.9 Å². The number of aromatic nitrogens is 2. The predicted molar refractivity (Wildman–Crippen MR) is 122 cm³/mol. The molecule has 0 aliphatic heterocycles. The zero-order chi connectivity index (χ0) is 23.5.